The second kappa shape index (κ2) is 11.0. The fourth-order valence-electron chi connectivity index (χ4n) is 4.31. The van der Waals surface area contributed by atoms with E-state index in [4.69, 9.17) is 10.5 Å². The molecule has 34 heavy (non-hydrogen) atoms. The molecule has 0 aliphatic carbocycles. The Hall–Kier alpha value is -3.65. The molecule has 0 saturated carbocycles. The maximum atomic E-state index is 12.9. The summed E-state index contributed by atoms with van der Waals surface area (Å²) < 4.78 is 7.05. The Morgan fingerprint density at radius 1 is 1.15 bits per heavy atom. The standard InChI is InChI=1S/C26H31N5O3/c1-34-22-12-10-19(11-13-22)24-17-23(29-31(24)21-8-3-2-4-9-21)26(33)28-14-6-16-30-15-5-7-20(18-30)25(27)32/h2-4,8-13,17,20H,5-7,14-16,18H2,1H3,(H2,27,32)(H,28,33). The molecule has 178 valence electrons. The van der Waals surface area contributed by atoms with Crippen LogP contribution in [0.4, 0.5) is 0 Å². The minimum atomic E-state index is -0.223. The van der Waals surface area contributed by atoms with Gasteiger partial charge < -0.3 is 20.7 Å². The molecule has 0 bridgehead atoms. The molecule has 3 N–H and O–H groups in total. The first kappa shape index (κ1) is 23.5. The lowest BCUT2D eigenvalue weighted by molar-refractivity contribution is -0.123. The Bertz CT molecular complexity index is 1110. The molecule has 0 radical (unpaired) electrons. The van der Waals surface area contributed by atoms with Gasteiger partial charge in [0.1, 0.15) is 5.75 Å². The van der Waals surface area contributed by atoms with Crippen LogP contribution in [0.2, 0.25) is 0 Å². The molecule has 2 aromatic carbocycles. The lowest BCUT2D eigenvalue weighted by Crippen LogP contribution is -2.42. The summed E-state index contributed by atoms with van der Waals surface area (Å²) in [6.07, 6.45) is 2.64. The number of primary amides is 1. The van der Waals surface area contributed by atoms with E-state index in [0.717, 1.165) is 55.0 Å². The van der Waals surface area contributed by atoms with Crippen molar-refractivity contribution in [1.29, 1.82) is 0 Å². The van der Waals surface area contributed by atoms with E-state index >= 15 is 0 Å². The lowest BCUT2D eigenvalue weighted by Gasteiger charge is -2.31. The van der Waals surface area contributed by atoms with Crippen molar-refractivity contribution in [1.82, 2.24) is 20.0 Å². The van der Waals surface area contributed by atoms with Crippen molar-refractivity contribution in [3.05, 3.63) is 66.4 Å². The van der Waals surface area contributed by atoms with Gasteiger partial charge in [0.2, 0.25) is 5.91 Å². The Morgan fingerprint density at radius 3 is 2.62 bits per heavy atom. The summed E-state index contributed by atoms with van der Waals surface area (Å²) in [5.74, 6) is 0.266. The SMILES string of the molecule is COc1ccc(-c2cc(C(=O)NCCCN3CCCC(C(N)=O)C3)nn2-c2ccccc2)cc1. The van der Waals surface area contributed by atoms with Gasteiger partial charge in [-0.15, -0.1) is 0 Å². The fourth-order valence-corrected chi connectivity index (χ4v) is 4.31. The molecular formula is C26H31N5O3. The topological polar surface area (TPSA) is 102 Å². The van der Waals surface area contributed by atoms with Crippen molar-refractivity contribution >= 4 is 11.8 Å². The average Bonchev–Trinajstić information content (AvgIpc) is 3.33. The van der Waals surface area contributed by atoms with Crippen LogP contribution < -0.4 is 15.8 Å². The molecule has 2 amide bonds. The molecule has 1 fully saturated rings. The number of hydrogen-bond donors (Lipinski definition) is 2. The molecule has 2 heterocycles. The first-order chi connectivity index (χ1) is 16.5. The van der Waals surface area contributed by atoms with Gasteiger partial charge >= 0.3 is 0 Å². The number of amides is 2. The van der Waals surface area contributed by atoms with Crippen molar-refractivity contribution in [2.75, 3.05) is 33.3 Å². The Morgan fingerprint density at radius 2 is 1.91 bits per heavy atom. The van der Waals surface area contributed by atoms with Gasteiger partial charge in [-0.2, -0.15) is 5.10 Å². The monoisotopic (exact) mass is 461 g/mol. The lowest BCUT2D eigenvalue weighted by atomic mass is 9.97. The highest BCUT2D eigenvalue weighted by molar-refractivity contribution is 5.93. The van der Waals surface area contributed by atoms with Gasteiger partial charge in [0.05, 0.1) is 24.4 Å². The number of nitrogens with zero attached hydrogens (tertiary/aromatic N) is 3. The van der Waals surface area contributed by atoms with E-state index in [1.165, 1.54) is 0 Å². The third kappa shape index (κ3) is 5.63. The van der Waals surface area contributed by atoms with Gasteiger partial charge in [0.15, 0.2) is 5.69 Å². The van der Waals surface area contributed by atoms with Gasteiger partial charge in [-0.1, -0.05) is 18.2 Å². The number of rotatable bonds is 9. The second-order valence-corrected chi connectivity index (χ2v) is 8.54. The Labute approximate surface area is 199 Å². The van der Waals surface area contributed by atoms with Gasteiger partial charge in [0, 0.05) is 18.7 Å². The van der Waals surface area contributed by atoms with Crippen LogP contribution in [0, 0.1) is 5.92 Å². The number of nitrogens with one attached hydrogen (secondary N) is 1. The van der Waals surface area contributed by atoms with Gasteiger partial charge in [-0.3, -0.25) is 9.59 Å². The molecule has 1 atom stereocenters. The van der Waals surface area contributed by atoms with E-state index in [2.05, 4.69) is 15.3 Å². The molecule has 8 heteroatoms. The highest BCUT2D eigenvalue weighted by Crippen LogP contribution is 2.26. The number of piperidine rings is 1. The number of ether oxygens (including phenoxy) is 1. The number of likely N-dealkylation sites (tertiary alicyclic amines) is 1. The molecule has 1 unspecified atom stereocenters. The molecule has 1 aliphatic heterocycles. The van der Waals surface area contributed by atoms with Gasteiger partial charge in [-0.25, -0.2) is 4.68 Å². The summed E-state index contributed by atoms with van der Waals surface area (Å²) in [5, 5.41) is 7.59. The highest BCUT2D eigenvalue weighted by atomic mass is 16.5. The minimum Gasteiger partial charge on any atom is -0.497 e. The van der Waals surface area contributed by atoms with E-state index in [1.807, 2.05) is 60.7 Å². The fraction of sp³-hybridized carbons (Fsp3) is 0.346. The number of aromatic nitrogens is 2. The number of hydrogen-bond acceptors (Lipinski definition) is 5. The average molecular weight is 462 g/mol. The molecule has 1 saturated heterocycles. The zero-order valence-electron chi connectivity index (χ0n) is 19.4. The molecule has 1 aromatic heterocycles. The molecule has 0 spiro atoms. The van der Waals surface area contributed by atoms with Crippen LogP contribution in [0.25, 0.3) is 16.9 Å². The number of carbonyl (C=O) groups is 2. The van der Waals surface area contributed by atoms with Crippen LogP contribution in [-0.4, -0.2) is 59.8 Å². The Kier molecular flexibility index (Phi) is 7.59. The first-order valence-corrected chi connectivity index (χ1v) is 11.6. The highest BCUT2D eigenvalue weighted by Gasteiger charge is 2.23. The van der Waals surface area contributed by atoms with Crippen molar-refractivity contribution in [2.45, 2.75) is 19.3 Å². The minimum absolute atomic E-state index is 0.0679. The number of nitrogens with two attached hydrogens (primary N) is 1. The third-order valence-electron chi connectivity index (χ3n) is 6.17. The molecule has 3 aromatic rings. The number of para-hydroxylation sites is 1. The molecule has 1 aliphatic rings. The smallest absolute Gasteiger partial charge is 0.271 e. The molecular weight excluding hydrogens is 430 g/mol. The predicted molar refractivity (Wildman–Crippen MR) is 131 cm³/mol. The maximum Gasteiger partial charge on any atom is 0.271 e. The van der Waals surface area contributed by atoms with Crippen molar-refractivity contribution in [3.63, 3.8) is 0 Å². The summed E-state index contributed by atoms with van der Waals surface area (Å²) in [4.78, 5) is 26.6. The number of methoxy groups -OCH3 is 1. The number of carbonyl (C=O) groups excluding carboxylic acids is 2. The maximum absolute atomic E-state index is 12.9. The van der Waals surface area contributed by atoms with Crippen molar-refractivity contribution < 1.29 is 14.3 Å². The summed E-state index contributed by atoms with van der Waals surface area (Å²) in [7, 11) is 1.63. The van der Waals surface area contributed by atoms with E-state index in [1.54, 1.807) is 11.8 Å². The van der Waals surface area contributed by atoms with E-state index in [0.29, 0.717) is 18.8 Å². The van der Waals surface area contributed by atoms with Crippen LogP contribution in [0.5, 0.6) is 5.75 Å². The molecule has 8 nitrogen and oxygen atoms in total. The summed E-state index contributed by atoms with van der Waals surface area (Å²) in [6.45, 7) is 3.02. The zero-order valence-corrected chi connectivity index (χ0v) is 19.4. The van der Waals surface area contributed by atoms with Gasteiger partial charge in [-0.05, 0) is 74.8 Å². The first-order valence-electron chi connectivity index (χ1n) is 11.6. The van der Waals surface area contributed by atoms with Crippen LogP contribution in [-0.2, 0) is 4.79 Å². The normalized spacial score (nSPS) is 16.2. The Balaban J connectivity index is 1.42. The summed E-state index contributed by atoms with van der Waals surface area (Å²) in [6, 6.07) is 19.2. The molecule has 4 rings (SSSR count). The van der Waals surface area contributed by atoms with E-state index in [-0.39, 0.29) is 17.7 Å². The quantitative estimate of drug-likeness (QED) is 0.477. The second-order valence-electron chi connectivity index (χ2n) is 8.54. The van der Waals surface area contributed by atoms with Gasteiger partial charge in [0.25, 0.3) is 5.91 Å². The largest absolute Gasteiger partial charge is 0.497 e. The van der Waals surface area contributed by atoms with E-state index < -0.39 is 0 Å². The number of benzene rings is 2. The van der Waals surface area contributed by atoms with Crippen molar-refractivity contribution in [2.24, 2.45) is 11.7 Å². The summed E-state index contributed by atoms with van der Waals surface area (Å²) >= 11 is 0. The van der Waals surface area contributed by atoms with Crippen LogP contribution in [0.3, 0.4) is 0 Å². The van der Waals surface area contributed by atoms with E-state index in [9.17, 15) is 9.59 Å². The predicted octanol–water partition coefficient (Wildman–Crippen LogP) is 2.87. The summed E-state index contributed by atoms with van der Waals surface area (Å²) in [5.41, 5.74) is 8.46. The third-order valence-corrected chi connectivity index (χ3v) is 6.17. The van der Waals surface area contributed by atoms with Crippen LogP contribution in [0.1, 0.15) is 29.8 Å². The van der Waals surface area contributed by atoms with Crippen LogP contribution >= 0.6 is 0 Å². The van der Waals surface area contributed by atoms with Crippen molar-refractivity contribution in [3.8, 4) is 22.7 Å². The zero-order chi connectivity index (χ0) is 23.9. The van der Waals surface area contributed by atoms with Crippen LogP contribution in [0.15, 0.2) is 60.7 Å².